The number of Topliss-reactive ketones (excluding diaryl/α,β-unsaturated/α-hetero) is 1. The van der Waals surface area contributed by atoms with Gasteiger partial charge in [-0.25, -0.2) is 0 Å². The van der Waals surface area contributed by atoms with Gasteiger partial charge in [0.15, 0.2) is 0 Å². The van der Waals surface area contributed by atoms with Crippen molar-refractivity contribution in [1.82, 2.24) is 0 Å². The Hall–Kier alpha value is -0.670. The van der Waals surface area contributed by atoms with Crippen molar-refractivity contribution in [3.05, 3.63) is 33.8 Å². The van der Waals surface area contributed by atoms with Crippen LogP contribution in [0.3, 0.4) is 0 Å². The molecule has 2 nitrogen and oxygen atoms in total. The van der Waals surface area contributed by atoms with Gasteiger partial charge in [0.1, 0.15) is 5.78 Å². The lowest BCUT2D eigenvalue weighted by Crippen LogP contribution is -1.99. The molecule has 0 amide bonds. The zero-order valence-electron chi connectivity index (χ0n) is 7.38. The van der Waals surface area contributed by atoms with Gasteiger partial charge in [-0.3, -0.25) is 4.79 Å². The molecule has 0 aliphatic rings. The number of benzene rings is 1. The lowest BCUT2D eigenvalue weighted by Gasteiger charge is -2.05. The monoisotopic (exact) mass is 242 g/mol. The lowest BCUT2D eigenvalue weighted by atomic mass is 10.1. The van der Waals surface area contributed by atoms with E-state index in [4.69, 9.17) is 5.11 Å². The second-order valence-electron chi connectivity index (χ2n) is 2.93. The molecule has 0 radical (unpaired) electrons. The van der Waals surface area contributed by atoms with Crippen molar-refractivity contribution in [2.24, 2.45) is 0 Å². The fourth-order valence-electron chi connectivity index (χ4n) is 1.16. The molecular formula is C10H11BrO2. The van der Waals surface area contributed by atoms with Crippen molar-refractivity contribution in [3.8, 4) is 0 Å². The van der Waals surface area contributed by atoms with E-state index in [0.29, 0.717) is 6.42 Å². The van der Waals surface area contributed by atoms with Crippen molar-refractivity contribution in [3.63, 3.8) is 0 Å². The van der Waals surface area contributed by atoms with Crippen LogP contribution in [0.2, 0.25) is 0 Å². The summed E-state index contributed by atoms with van der Waals surface area (Å²) in [4.78, 5) is 10.9. The van der Waals surface area contributed by atoms with Crippen LogP contribution in [0.5, 0.6) is 0 Å². The molecule has 0 saturated carbocycles. The van der Waals surface area contributed by atoms with Crippen molar-refractivity contribution in [1.29, 1.82) is 0 Å². The first-order valence-electron chi connectivity index (χ1n) is 4.01. The molecule has 0 fully saturated rings. The topological polar surface area (TPSA) is 37.3 Å². The van der Waals surface area contributed by atoms with E-state index < -0.39 is 0 Å². The Morgan fingerprint density at radius 3 is 2.62 bits per heavy atom. The molecule has 13 heavy (non-hydrogen) atoms. The first-order chi connectivity index (χ1) is 6.15. The van der Waals surface area contributed by atoms with Crippen molar-refractivity contribution in [2.75, 3.05) is 0 Å². The van der Waals surface area contributed by atoms with Crippen LogP contribution in [0.15, 0.2) is 22.7 Å². The van der Waals surface area contributed by atoms with Crippen LogP contribution >= 0.6 is 15.9 Å². The molecule has 3 heteroatoms. The minimum Gasteiger partial charge on any atom is -0.392 e. The summed E-state index contributed by atoms with van der Waals surface area (Å²) in [6.45, 7) is 1.55. The molecule has 0 spiro atoms. The number of halogens is 1. The fraction of sp³-hybridized carbons (Fsp3) is 0.300. The van der Waals surface area contributed by atoms with E-state index in [1.54, 1.807) is 6.92 Å². The smallest absolute Gasteiger partial charge is 0.134 e. The number of ketones is 1. The summed E-state index contributed by atoms with van der Waals surface area (Å²) in [6, 6.07) is 5.55. The number of aliphatic hydroxyl groups excluding tert-OH is 1. The summed E-state index contributed by atoms with van der Waals surface area (Å²) in [7, 11) is 0. The third-order valence-electron chi connectivity index (χ3n) is 1.77. The highest BCUT2D eigenvalue weighted by Gasteiger charge is 2.05. The first-order valence-corrected chi connectivity index (χ1v) is 4.81. The number of hydrogen-bond donors (Lipinski definition) is 1. The molecule has 0 heterocycles. The minimum atomic E-state index is -0.00761. The van der Waals surface area contributed by atoms with E-state index in [1.807, 2.05) is 18.2 Å². The molecule has 70 valence electrons. The van der Waals surface area contributed by atoms with E-state index in [2.05, 4.69) is 15.9 Å². The first kappa shape index (κ1) is 10.4. The maximum atomic E-state index is 10.9. The molecule has 0 unspecified atom stereocenters. The number of aliphatic hydroxyl groups is 1. The fourth-order valence-corrected chi connectivity index (χ4v) is 1.69. The summed E-state index contributed by atoms with van der Waals surface area (Å²) in [5.41, 5.74) is 1.75. The molecule has 0 aromatic heterocycles. The Labute approximate surface area is 85.7 Å². The SMILES string of the molecule is CC(=O)Cc1cccc(CO)c1Br. The molecule has 1 aromatic rings. The summed E-state index contributed by atoms with van der Waals surface area (Å²) >= 11 is 3.36. The number of rotatable bonds is 3. The molecule has 0 aliphatic heterocycles. The van der Waals surface area contributed by atoms with Crippen LogP contribution in [0.25, 0.3) is 0 Å². The normalized spacial score (nSPS) is 10.1. The van der Waals surface area contributed by atoms with Crippen molar-refractivity contribution >= 4 is 21.7 Å². The van der Waals surface area contributed by atoms with Crippen LogP contribution in [0.1, 0.15) is 18.1 Å². The van der Waals surface area contributed by atoms with Gasteiger partial charge in [-0.1, -0.05) is 34.1 Å². The molecule has 0 atom stereocenters. The molecule has 0 saturated heterocycles. The predicted octanol–water partition coefficient (Wildman–Crippen LogP) is 2.07. The lowest BCUT2D eigenvalue weighted by molar-refractivity contribution is -0.116. The number of carbonyl (C=O) groups is 1. The van der Waals surface area contributed by atoms with Crippen molar-refractivity contribution in [2.45, 2.75) is 20.0 Å². The van der Waals surface area contributed by atoms with Gasteiger partial charge in [-0.15, -0.1) is 0 Å². The van der Waals surface area contributed by atoms with Gasteiger partial charge < -0.3 is 5.11 Å². The summed E-state index contributed by atoms with van der Waals surface area (Å²) < 4.78 is 0.840. The van der Waals surface area contributed by atoms with Gasteiger partial charge in [0.05, 0.1) is 6.61 Å². The Balaban J connectivity index is 3.01. The van der Waals surface area contributed by atoms with Crippen LogP contribution in [0, 0.1) is 0 Å². The summed E-state index contributed by atoms with van der Waals surface area (Å²) in [5.74, 6) is 0.121. The van der Waals surface area contributed by atoms with E-state index in [9.17, 15) is 4.79 Å². The molecule has 0 bridgehead atoms. The van der Waals surface area contributed by atoms with E-state index in [0.717, 1.165) is 15.6 Å². The summed E-state index contributed by atoms with van der Waals surface area (Å²) in [5, 5.41) is 8.96. The van der Waals surface area contributed by atoms with Gasteiger partial charge in [0, 0.05) is 10.9 Å². The number of hydrogen-bond acceptors (Lipinski definition) is 2. The van der Waals surface area contributed by atoms with Crippen LogP contribution in [-0.2, 0) is 17.8 Å². The van der Waals surface area contributed by atoms with Gasteiger partial charge in [0.25, 0.3) is 0 Å². The van der Waals surface area contributed by atoms with E-state index in [-0.39, 0.29) is 12.4 Å². The van der Waals surface area contributed by atoms with Gasteiger partial charge >= 0.3 is 0 Å². The number of carbonyl (C=O) groups excluding carboxylic acids is 1. The predicted molar refractivity (Wildman–Crippen MR) is 54.4 cm³/mol. The Morgan fingerprint density at radius 2 is 2.08 bits per heavy atom. The van der Waals surface area contributed by atoms with Crippen molar-refractivity contribution < 1.29 is 9.90 Å². The summed E-state index contributed by atoms with van der Waals surface area (Å²) in [6.07, 6.45) is 0.411. The largest absolute Gasteiger partial charge is 0.392 e. The third kappa shape index (κ3) is 2.64. The molecule has 1 N–H and O–H groups in total. The van der Waals surface area contributed by atoms with Crippen LogP contribution in [0.4, 0.5) is 0 Å². The molecule has 0 aliphatic carbocycles. The zero-order chi connectivity index (χ0) is 9.84. The molecule has 1 rings (SSSR count). The van der Waals surface area contributed by atoms with Crippen LogP contribution < -0.4 is 0 Å². The zero-order valence-corrected chi connectivity index (χ0v) is 8.97. The Kier molecular flexibility index (Phi) is 3.63. The highest BCUT2D eigenvalue weighted by molar-refractivity contribution is 9.10. The van der Waals surface area contributed by atoms with Crippen LogP contribution in [-0.4, -0.2) is 10.9 Å². The average Bonchev–Trinajstić information content (AvgIpc) is 2.08. The maximum absolute atomic E-state index is 10.9. The molecule has 1 aromatic carbocycles. The highest BCUT2D eigenvalue weighted by atomic mass is 79.9. The van der Waals surface area contributed by atoms with Gasteiger partial charge in [0.2, 0.25) is 0 Å². The average molecular weight is 243 g/mol. The van der Waals surface area contributed by atoms with E-state index in [1.165, 1.54) is 0 Å². The highest BCUT2D eigenvalue weighted by Crippen LogP contribution is 2.22. The minimum absolute atomic E-state index is 0.00761. The molecular weight excluding hydrogens is 232 g/mol. The standard InChI is InChI=1S/C10H11BrO2/c1-7(13)5-8-3-2-4-9(6-12)10(8)11/h2-4,12H,5-6H2,1H3. The van der Waals surface area contributed by atoms with E-state index >= 15 is 0 Å². The Bertz CT molecular complexity index is 321. The van der Waals surface area contributed by atoms with Gasteiger partial charge in [-0.05, 0) is 18.1 Å². The quantitative estimate of drug-likeness (QED) is 0.882. The Morgan fingerprint density at radius 1 is 1.46 bits per heavy atom. The second-order valence-corrected chi connectivity index (χ2v) is 3.72. The van der Waals surface area contributed by atoms with Gasteiger partial charge in [-0.2, -0.15) is 0 Å². The maximum Gasteiger partial charge on any atom is 0.134 e. The second kappa shape index (κ2) is 4.53. The third-order valence-corrected chi connectivity index (χ3v) is 2.79.